The summed E-state index contributed by atoms with van der Waals surface area (Å²) in [5.41, 5.74) is 2.12. The maximum absolute atomic E-state index is 8.95. The number of aromatic nitrogens is 2. The van der Waals surface area contributed by atoms with Crippen LogP contribution >= 0.6 is 11.8 Å². The molecule has 0 saturated carbocycles. The van der Waals surface area contributed by atoms with Gasteiger partial charge in [-0.05, 0) is 31.4 Å². The molecule has 0 spiro atoms. The Balaban J connectivity index is 0.000000356. The average Bonchev–Trinajstić information content (AvgIpc) is 3.37. The van der Waals surface area contributed by atoms with Crippen molar-refractivity contribution in [3.05, 3.63) is 60.0 Å². The van der Waals surface area contributed by atoms with Crippen molar-refractivity contribution in [1.82, 2.24) is 10.1 Å². The standard InChI is InChI=1S/C15H22N2O3S.C9H8N2O.C2H4O2/c1-5-19-13-10-11(14(16)15(17-2)21-4)6-7-12(13)20-9-8-18-3;1-7-10-9(11-12-7)8-5-3-2-4-6-8;1-4-2-3/h6-7,10,16H,5,8-9H2,1-4H3;2-6H,1H3;2H,1H3. The highest BCUT2D eigenvalue weighted by Gasteiger charge is 2.13. The number of thioether (sulfide) groups is 1. The van der Waals surface area contributed by atoms with Crippen LogP contribution in [0.2, 0.25) is 0 Å². The van der Waals surface area contributed by atoms with Gasteiger partial charge in [-0.15, -0.1) is 11.8 Å². The van der Waals surface area contributed by atoms with Crippen LogP contribution in [0, 0.1) is 12.3 Å². The average molecular weight is 531 g/mol. The molecule has 0 amide bonds. The van der Waals surface area contributed by atoms with Crippen LogP contribution in [0.1, 0.15) is 18.4 Å². The fraction of sp³-hybridized carbons (Fsp3) is 0.346. The van der Waals surface area contributed by atoms with Gasteiger partial charge in [0.25, 0.3) is 6.47 Å². The van der Waals surface area contributed by atoms with Gasteiger partial charge in [0.05, 0.1) is 26.0 Å². The molecule has 2 aromatic carbocycles. The molecule has 37 heavy (non-hydrogen) atoms. The monoisotopic (exact) mass is 530 g/mol. The van der Waals surface area contributed by atoms with Crippen LogP contribution < -0.4 is 9.47 Å². The first kappa shape index (κ1) is 31.3. The second-order valence-electron chi connectivity index (χ2n) is 6.88. The van der Waals surface area contributed by atoms with Crippen molar-refractivity contribution in [2.75, 3.05) is 47.3 Å². The first-order valence-electron chi connectivity index (χ1n) is 11.3. The number of hydrogen-bond donors (Lipinski definition) is 1. The molecular weight excluding hydrogens is 496 g/mol. The van der Waals surface area contributed by atoms with Gasteiger partial charge in [0.15, 0.2) is 11.5 Å². The summed E-state index contributed by atoms with van der Waals surface area (Å²) >= 11 is 1.45. The number of nitrogens with zero attached hydrogens (tertiary/aromatic N) is 3. The van der Waals surface area contributed by atoms with E-state index in [4.69, 9.17) is 28.9 Å². The summed E-state index contributed by atoms with van der Waals surface area (Å²) in [5, 5.41) is 12.7. The highest BCUT2D eigenvalue weighted by molar-refractivity contribution is 8.15. The molecule has 3 rings (SSSR count). The third kappa shape index (κ3) is 11.3. The van der Waals surface area contributed by atoms with Crippen molar-refractivity contribution in [2.24, 2.45) is 4.99 Å². The number of methoxy groups -OCH3 is 2. The van der Waals surface area contributed by atoms with Crippen LogP contribution in [0.25, 0.3) is 11.4 Å². The number of aliphatic imine (C=N–C) groups is 1. The molecular formula is C26H34N4O6S. The van der Waals surface area contributed by atoms with E-state index in [0.29, 0.717) is 60.3 Å². The van der Waals surface area contributed by atoms with Crippen LogP contribution in [0.15, 0.2) is 58.0 Å². The second kappa shape index (κ2) is 18.6. The predicted octanol–water partition coefficient (Wildman–Crippen LogP) is 4.70. The molecule has 3 aromatic rings. The number of carbonyl (C=O) groups is 1. The van der Waals surface area contributed by atoms with Crippen molar-refractivity contribution < 1.29 is 28.3 Å². The molecule has 200 valence electrons. The number of carbonyl (C=O) groups excluding carboxylic acids is 1. The number of rotatable bonds is 10. The minimum Gasteiger partial charge on any atom is -0.490 e. The molecule has 1 heterocycles. The quantitative estimate of drug-likeness (QED) is 0.171. The third-order valence-electron chi connectivity index (χ3n) is 4.34. The normalized spacial score (nSPS) is 10.3. The second-order valence-corrected chi connectivity index (χ2v) is 7.67. The van der Waals surface area contributed by atoms with E-state index < -0.39 is 0 Å². The van der Waals surface area contributed by atoms with Gasteiger partial charge in [-0.3, -0.25) is 15.2 Å². The van der Waals surface area contributed by atoms with Crippen LogP contribution in [0.3, 0.4) is 0 Å². The first-order chi connectivity index (χ1) is 17.9. The van der Waals surface area contributed by atoms with Crippen LogP contribution in [0.5, 0.6) is 11.5 Å². The molecule has 11 heteroatoms. The molecule has 0 unspecified atom stereocenters. The topological polar surface area (TPSA) is 129 Å². The summed E-state index contributed by atoms with van der Waals surface area (Å²) in [6.45, 7) is 5.58. The Labute approximate surface area is 221 Å². The summed E-state index contributed by atoms with van der Waals surface area (Å²) in [6.07, 6.45) is 1.91. The van der Waals surface area contributed by atoms with Gasteiger partial charge in [-0.1, -0.05) is 35.5 Å². The zero-order chi connectivity index (χ0) is 27.5. The van der Waals surface area contributed by atoms with Gasteiger partial charge in [-0.2, -0.15) is 4.98 Å². The fourth-order valence-electron chi connectivity index (χ4n) is 2.72. The van der Waals surface area contributed by atoms with Crippen molar-refractivity contribution in [3.63, 3.8) is 0 Å². The van der Waals surface area contributed by atoms with Crippen molar-refractivity contribution in [2.45, 2.75) is 13.8 Å². The smallest absolute Gasteiger partial charge is 0.292 e. The number of nitrogens with one attached hydrogen (secondary N) is 1. The Morgan fingerprint density at radius 1 is 1.11 bits per heavy atom. The maximum atomic E-state index is 8.95. The summed E-state index contributed by atoms with van der Waals surface area (Å²) in [6, 6.07) is 15.2. The Morgan fingerprint density at radius 2 is 1.81 bits per heavy atom. The molecule has 0 atom stereocenters. The number of ether oxygens (including phenoxy) is 4. The van der Waals surface area contributed by atoms with Gasteiger partial charge in [0.1, 0.15) is 11.7 Å². The van der Waals surface area contributed by atoms with E-state index in [2.05, 4.69) is 19.9 Å². The predicted molar refractivity (Wildman–Crippen MR) is 146 cm³/mol. The number of hydrogen-bond acceptors (Lipinski definition) is 11. The lowest BCUT2D eigenvalue weighted by Gasteiger charge is -2.14. The van der Waals surface area contributed by atoms with Crippen molar-refractivity contribution in [3.8, 4) is 22.9 Å². The molecule has 1 aromatic heterocycles. The van der Waals surface area contributed by atoms with E-state index in [0.717, 1.165) is 11.1 Å². The van der Waals surface area contributed by atoms with Gasteiger partial charge in [-0.25, -0.2) is 0 Å². The third-order valence-corrected chi connectivity index (χ3v) is 5.12. The Bertz CT molecular complexity index is 1110. The number of aryl methyl sites for hydroxylation is 1. The highest BCUT2D eigenvalue weighted by Crippen LogP contribution is 2.29. The zero-order valence-corrected chi connectivity index (χ0v) is 22.8. The molecule has 0 bridgehead atoms. The lowest BCUT2D eigenvalue weighted by molar-refractivity contribution is -0.126. The van der Waals surface area contributed by atoms with E-state index in [1.807, 2.05) is 61.7 Å². The maximum Gasteiger partial charge on any atom is 0.292 e. The van der Waals surface area contributed by atoms with Gasteiger partial charge in [0.2, 0.25) is 11.7 Å². The minimum atomic E-state index is 0.375. The Morgan fingerprint density at radius 3 is 2.32 bits per heavy atom. The summed E-state index contributed by atoms with van der Waals surface area (Å²) in [7, 11) is 4.63. The van der Waals surface area contributed by atoms with E-state index in [-0.39, 0.29) is 0 Å². The lowest BCUT2D eigenvalue weighted by atomic mass is 10.1. The molecule has 0 aliphatic rings. The van der Waals surface area contributed by atoms with E-state index in [1.165, 1.54) is 18.9 Å². The molecule has 10 nitrogen and oxygen atoms in total. The van der Waals surface area contributed by atoms with Gasteiger partial charge >= 0.3 is 0 Å². The number of benzene rings is 2. The van der Waals surface area contributed by atoms with Gasteiger partial charge in [0, 0.05) is 32.2 Å². The molecule has 0 aliphatic heterocycles. The van der Waals surface area contributed by atoms with Crippen LogP contribution in [-0.2, 0) is 14.3 Å². The SMILES string of the molecule is CCOc1cc(C(=N)C(=NC)SC)ccc1OCCOC.COC=O.Cc1nc(-c2ccccc2)no1. The Hall–Kier alpha value is -3.70. The fourth-order valence-corrected chi connectivity index (χ4v) is 3.22. The van der Waals surface area contributed by atoms with E-state index in [9.17, 15) is 0 Å². The first-order valence-corrected chi connectivity index (χ1v) is 12.5. The summed E-state index contributed by atoms with van der Waals surface area (Å²) < 4.78 is 24.9. The van der Waals surface area contributed by atoms with Crippen LogP contribution in [0.4, 0.5) is 0 Å². The molecule has 0 fully saturated rings. The van der Waals surface area contributed by atoms with E-state index in [1.54, 1.807) is 21.1 Å². The van der Waals surface area contributed by atoms with E-state index >= 15 is 0 Å². The van der Waals surface area contributed by atoms with Gasteiger partial charge < -0.3 is 23.5 Å². The molecule has 0 saturated heterocycles. The van der Waals surface area contributed by atoms with Crippen molar-refractivity contribution >= 4 is 29.0 Å². The minimum absolute atomic E-state index is 0.375. The highest BCUT2D eigenvalue weighted by atomic mass is 32.2. The zero-order valence-electron chi connectivity index (χ0n) is 22.0. The largest absolute Gasteiger partial charge is 0.490 e. The Kier molecular flexibility index (Phi) is 15.7. The molecule has 0 aliphatic carbocycles. The lowest BCUT2D eigenvalue weighted by Crippen LogP contribution is -2.11. The molecule has 1 N–H and O–H groups in total. The van der Waals surface area contributed by atoms with Crippen molar-refractivity contribution in [1.29, 1.82) is 5.41 Å². The summed E-state index contributed by atoms with van der Waals surface area (Å²) in [4.78, 5) is 17.2. The summed E-state index contributed by atoms with van der Waals surface area (Å²) in [5.74, 6) is 2.53. The molecule has 0 radical (unpaired) electrons. The van der Waals surface area contributed by atoms with Crippen LogP contribution in [-0.4, -0.2) is 74.7 Å².